The maximum Gasteiger partial charge on any atom is 0.338 e. The highest BCUT2D eigenvalue weighted by Crippen LogP contribution is 2.36. The number of rotatable bonds is 11. The van der Waals surface area contributed by atoms with Crippen LogP contribution < -0.4 is 20.1 Å². The molecule has 1 atom stereocenters. The van der Waals surface area contributed by atoms with E-state index >= 15 is 4.39 Å². The van der Waals surface area contributed by atoms with Crippen molar-refractivity contribution in [3.63, 3.8) is 0 Å². The minimum absolute atomic E-state index is 0.0143. The number of amides is 1. The predicted octanol–water partition coefficient (Wildman–Crippen LogP) is 6.39. The highest BCUT2D eigenvalue weighted by molar-refractivity contribution is 6.31. The molecule has 2 aliphatic heterocycles. The van der Waals surface area contributed by atoms with Gasteiger partial charge in [-0.1, -0.05) is 23.7 Å². The predicted molar refractivity (Wildman–Crippen MR) is 189 cm³/mol. The molecule has 3 heterocycles. The fourth-order valence-corrected chi connectivity index (χ4v) is 5.91. The number of pyridine rings is 1. The zero-order valence-corrected chi connectivity index (χ0v) is 29.1. The Bertz CT molecular complexity index is 1890. The molecular weight excluding hydrogens is 681 g/mol. The summed E-state index contributed by atoms with van der Waals surface area (Å²) in [6.45, 7) is 2.33. The van der Waals surface area contributed by atoms with Gasteiger partial charge in [-0.2, -0.15) is 0 Å². The van der Waals surface area contributed by atoms with E-state index in [9.17, 15) is 9.59 Å². The van der Waals surface area contributed by atoms with E-state index in [1.165, 1.54) is 19.2 Å². The molecule has 1 amide bonds. The van der Waals surface area contributed by atoms with Crippen LogP contribution in [0, 0.1) is 5.82 Å². The largest absolute Gasteiger partial charge is 0.489 e. The Morgan fingerprint density at radius 1 is 1.02 bits per heavy atom. The first-order valence-corrected chi connectivity index (χ1v) is 17.0. The minimum atomic E-state index is -0.571. The van der Waals surface area contributed by atoms with Crippen molar-refractivity contribution in [3.05, 3.63) is 99.3 Å². The number of nitrogens with zero attached hydrogens (tertiary/aromatic N) is 1. The smallest absolute Gasteiger partial charge is 0.338 e. The average Bonchev–Trinajstić information content (AvgIpc) is 3.11. The Labute approximate surface area is 300 Å². The second-order valence-corrected chi connectivity index (χ2v) is 12.5. The van der Waals surface area contributed by atoms with Gasteiger partial charge in [0.15, 0.2) is 0 Å². The van der Waals surface area contributed by atoms with Gasteiger partial charge in [-0.05, 0) is 77.6 Å². The monoisotopic (exact) mass is 719 g/mol. The average molecular weight is 720 g/mol. The molecule has 0 saturated carbocycles. The maximum atomic E-state index is 15.9. The molecule has 2 N–H and O–H groups in total. The lowest BCUT2D eigenvalue weighted by atomic mass is 9.96. The normalized spacial score (nSPS) is 15.3. The summed E-state index contributed by atoms with van der Waals surface area (Å²) in [5, 5.41) is 6.81. The summed E-state index contributed by atoms with van der Waals surface area (Å²) in [6.07, 6.45) is 1.08. The molecule has 3 aromatic carbocycles. The first-order chi connectivity index (χ1) is 24.8. The van der Waals surface area contributed by atoms with Gasteiger partial charge in [0.2, 0.25) is 11.8 Å². The van der Waals surface area contributed by atoms with Crippen LogP contribution in [0.3, 0.4) is 0 Å². The number of esters is 1. The summed E-state index contributed by atoms with van der Waals surface area (Å²) in [5.41, 5.74) is 4.53. The summed E-state index contributed by atoms with van der Waals surface area (Å²) in [5.74, 6) is -0.960. The third-order valence-electron chi connectivity index (χ3n) is 8.56. The van der Waals surface area contributed by atoms with Gasteiger partial charge in [0.05, 0.1) is 56.4 Å². The number of anilines is 2. The van der Waals surface area contributed by atoms with Gasteiger partial charge in [-0.3, -0.25) is 4.79 Å². The van der Waals surface area contributed by atoms with Gasteiger partial charge in [-0.25, -0.2) is 14.2 Å². The number of methoxy groups -OCH3 is 2. The van der Waals surface area contributed by atoms with Gasteiger partial charge in [-0.15, -0.1) is 0 Å². The third-order valence-corrected chi connectivity index (χ3v) is 8.92. The molecule has 6 rings (SSSR count). The van der Waals surface area contributed by atoms with Crippen LogP contribution in [-0.2, 0) is 49.8 Å². The first kappa shape index (κ1) is 36.1. The van der Waals surface area contributed by atoms with Crippen molar-refractivity contribution in [2.24, 2.45) is 0 Å². The highest BCUT2D eigenvalue weighted by atomic mass is 35.5. The lowest BCUT2D eigenvalue weighted by Crippen LogP contribution is -2.33. The number of carbonyl (C=O) groups is 2. The first-order valence-electron chi connectivity index (χ1n) is 16.6. The fourth-order valence-electron chi connectivity index (χ4n) is 5.74. The van der Waals surface area contributed by atoms with E-state index in [1.807, 2.05) is 12.1 Å². The van der Waals surface area contributed by atoms with Crippen molar-refractivity contribution in [2.75, 3.05) is 57.8 Å². The molecule has 51 heavy (non-hydrogen) atoms. The van der Waals surface area contributed by atoms with Crippen LogP contribution in [0.1, 0.15) is 39.0 Å². The SMILES string of the molecule is COCCOc1cc(C(=O)OC)cc(NC[C@@H]2CCO2)c1NC(=O)Cc1cc(F)c2cc1CCOCc1cc(ccc1Cl)COc1cccc-2n1. The van der Waals surface area contributed by atoms with Crippen LogP contribution in [0.2, 0.25) is 5.02 Å². The van der Waals surface area contributed by atoms with Crippen molar-refractivity contribution >= 4 is 34.9 Å². The molecule has 268 valence electrons. The topological polar surface area (TPSA) is 126 Å². The van der Waals surface area contributed by atoms with Crippen LogP contribution in [0.4, 0.5) is 15.8 Å². The van der Waals surface area contributed by atoms with E-state index in [4.69, 9.17) is 40.0 Å². The second-order valence-electron chi connectivity index (χ2n) is 12.1. The highest BCUT2D eigenvalue weighted by Gasteiger charge is 2.23. The molecule has 1 fully saturated rings. The molecule has 0 unspecified atom stereocenters. The quantitative estimate of drug-likeness (QED) is 0.133. The number of benzene rings is 3. The summed E-state index contributed by atoms with van der Waals surface area (Å²) in [7, 11) is 2.83. The molecule has 1 aromatic heterocycles. The summed E-state index contributed by atoms with van der Waals surface area (Å²) >= 11 is 6.45. The van der Waals surface area contributed by atoms with E-state index in [-0.39, 0.29) is 62.4 Å². The van der Waals surface area contributed by atoms with Gasteiger partial charge in [0.1, 0.15) is 30.5 Å². The number of carbonyl (C=O) groups excluding carboxylic acids is 2. The van der Waals surface area contributed by atoms with Crippen LogP contribution in [0.15, 0.2) is 60.7 Å². The fraction of sp³-hybridized carbons (Fsp3) is 0.342. The van der Waals surface area contributed by atoms with Crippen LogP contribution in [0.5, 0.6) is 11.6 Å². The lowest BCUT2D eigenvalue weighted by molar-refractivity contribution is -0.115. The van der Waals surface area contributed by atoms with Crippen molar-refractivity contribution in [2.45, 2.75) is 38.6 Å². The van der Waals surface area contributed by atoms with Gasteiger partial charge < -0.3 is 39.1 Å². The van der Waals surface area contributed by atoms with E-state index in [0.717, 1.165) is 17.5 Å². The molecule has 1 saturated heterocycles. The Morgan fingerprint density at radius 3 is 2.67 bits per heavy atom. The zero-order valence-electron chi connectivity index (χ0n) is 28.4. The van der Waals surface area contributed by atoms with Gasteiger partial charge >= 0.3 is 5.97 Å². The molecule has 13 heteroatoms. The molecule has 2 aliphatic rings. The molecule has 11 nitrogen and oxygen atoms in total. The summed E-state index contributed by atoms with van der Waals surface area (Å²) in [4.78, 5) is 31.0. The van der Waals surface area contributed by atoms with Crippen molar-refractivity contribution in [3.8, 4) is 22.9 Å². The standard InChI is InChI=1S/C38H39ClFN3O8/c1-46-12-13-50-34-18-26(38(45)47-2)17-33(41-20-28-9-11-49-28)37(34)43-35(44)19-25-16-31(40)29-15-24(25)8-10-48-22-27-14-23(6-7-30(27)39)21-51-36-5-3-4-32(29)42-36/h3-7,14-18,28,41H,8-13,19-22H2,1-2H3,(H,43,44)/t28-/m0/s1. The zero-order chi connectivity index (χ0) is 35.7. The number of fused-ring (bicyclic) bond motifs is 7. The van der Waals surface area contributed by atoms with E-state index in [0.29, 0.717) is 58.7 Å². The Morgan fingerprint density at radius 2 is 1.88 bits per heavy atom. The van der Waals surface area contributed by atoms with Crippen molar-refractivity contribution in [1.29, 1.82) is 0 Å². The van der Waals surface area contributed by atoms with E-state index < -0.39 is 17.7 Å². The Balaban J connectivity index is 1.30. The molecule has 0 spiro atoms. The van der Waals surface area contributed by atoms with Crippen molar-refractivity contribution in [1.82, 2.24) is 4.98 Å². The van der Waals surface area contributed by atoms with Crippen LogP contribution >= 0.6 is 11.6 Å². The molecule has 0 radical (unpaired) electrons. The molecular formula is C38H39ClFN3O8. The minimum Gasteiger partial charge on any atom is -0.489 e. The lowest BCUT2D eigenvalue weighted by Gasteiger charge is -2.28. The van der Waals surface area contributed by atoms with Gasteiger partial charge in [0.25, 0.3) is 0 Å². The summed E-state index contributed by atoms with van der Waals surface area (Å²) < 4.78 is 49.5. The number of ether oxygens (including phenoxy) is 6. The van der Waals surface area contributed by atoms with E-state index in [1.54, 1.807) is 43.5 Å². The van der Waals surface area contributed by atoms with Crippen LogP contribution in [-0.4, -0.2) is 70.2 Å². The molecule has 6 bridgehead atoms. The third kappa shape index (κ3) is 9.14. The number of nitrogens with one attached hydrogen (secondary N) is 2. The Kier molecular flexibility index (Phi) is 12.0. The van der Waals surface area contributed by atoms with E-state index in [2.05, 4.69) is 15.6 Å². The number of hydrogen-bond donors (Lipinski definition) is 2. The number of hydrogen-bond acceptors (Lipinski definition) is 10. The van der Waals surface area contributed by atoms with Crippen LogP contribution in [0.25, 0.3) is 11.3 Å². The second kappa shape index (κ2) is 17.0. The molecule has 0 aliphatic carbocycles. The molecule has 4 aromatic rings. The summed E-state index contributed by atoms with van der Waals surface area (Å²) in [6, 6.07) is 16.9. The maximum absolute atomic E-state index is 15.9. The van der Waals surface area contributed by atoms with Gasteiger partial charge in [0, 0.05) is 36.9 Å². The number of aromatic nitrogens is 1. The number of halogens is 2. The Hall–Kier alpha value is -4.75. The van der Waals surface area contributed by atoms with Crippen molar-refractivity contribution < 1.29 is 42.4 Å².